The molecule has 0 aromatic heterocycles. The van der Waals surface area contributed by atoms with Crippen molar-refractivity contribution < 1.29 is 9.31 Å². The van der Waals surface area contributed by atoms with E-state index < -0.39 is 7.12 Å². The van der Waals surface area contributed by atoms with Crippen LogP contribution >= 0.6 is 11.6 Å². The Morgan fingerprint density at radius 2 is 1.58 bits per heavy atom. The number of halogens is 1. The molecule has 1 aromatic carbocycles. The Morgan fingerprint density at radius 1 is 1.05 bits per heavy atom. The van der Waals surface area contributed by atoms with Crippen LogP contribution in [-0.2, 0) is 9.31 Å². The largest absolute Gasteiger partial charge is 0.496 e. The molecule has 2 rings (SSSR count). The van der Waals surface area contributed by atoms with Gasteiger partial charge >= 0.3 is 7.12 Å². The summed E-state index contributed by atoms with van der Waals surface area (Å²) in [6.07, 6.45) is 0. The lowest BCUT2D eigenvalue weighted by Gasteiger charge is -2.32. The van der Waals surface area contributed by atoms with Crippen molar-refractivity contribution in [1.29, 1.82) is 0 Å². The van der Waals surface area contributed by atoms with Gasteiger partial charge in [0, 0.05) is 10.5 Å². The highest BCUT2D eigenvalue weighted by Gasteiger charge is 2.52. The Kier molecular flexibility index (Phi) is 3.76. The summed E-state index contributed by atoms with van der Waals surface area (Å²) in [5.41, 5.74) is 1.38. The molecule has 1 aliphatic heterocycles. The number of hydrogen-bond acceptors (Lipinski definition) is 2. The standard InChI is InChI=1S/C15H22BClO2/c1-10(2)11-8-7-9-12(13(11)17)16-18-14(3,4)15(5,6)19-16/h7-10H,1-6H3. The number of rotatable bonds is 2. The lowest BCUT2D eigenvalue weighted by atomic mass is 9.77. The van der Waals surface area contributed by atoms with Gasteiger partial charge in [-0.2, -0.15) is 0 Å². The normalized spacial score (nSPS) is 21.2. The van der Waals surface area contributed by atoms with Gasteiger partial charge in [-0.3, -0.25) is 0 Å². The quantitative estimate of drug-likeness (QED) is 0.768. The molecule has 19 heavy (non-hydrogen) atoms. The fourth-order valence-electron chi connectivity index (χ4n) is 2.17. The average molecular weight is 281 g/mol. The van der Waals surface area contributed by atoms with E-state index >= 15 is 0 Å². The van der Waals surface area contributed by atoms with Crippen molar-refractivity contribution in [3.8, 4) is 0 Å². The van der Waals surface area contributed by atoms with Crippen LogP contribution in [0.5, 0.6) is 0 Å². The maximum Gasteiger partial charge on any atom is 0.496 e. The van der Waals surface area contributed by atoms with E-state index in [1.165, 1.54) is 0 Å². The highest BCUT2D eigenvalue weighted by atomic mass is 35.5. The summed E-state index contributed by atoms with van der Waals surface area (Å²) in [5.74, 6) is 0.384. The molecule has 0 saturated carbocycles. The van der Waals surface area contributed by atoms with Gasteiger partial charge in [-0.25, -0.2) is 0 Å². The Labute approximate surface area is 121 Å². The van der Waals surface area contributed by atoms with Gasteiger partial charge in [0.05, 0.1) is 11.2 Å². The van der Waals surface area contributed by atoms with Crippen molar-refractivity contribution in [2.24, 2.45) is 0 Å². The van der Waals surface area contributed by atoms with Crippen LogP contribution < -0.4 is 5.46 Å². The highest BCUT2D eigenvalue weighted by Crippen LogP contribution is 2.37. The first-order valence-electron chi connectivity index (χ1n) is 6.79. The third-order valence-electron chi connectivity index (χ3n) is 4.19. The van der Waals surface area contributed by atoms with Crippen LogP contribution in [0.25, 0.3) is 0 Å². The topological polar surface area (TPSA) is 18.5 Å². The van der Waals surface area contributed by atoms with E-state index in [0.29, 0.717) is 5.92 Å². The summed E-state index contributed by atoms with van der Waals surface area (Å²) in [6, 6.07) is 6.06. The molecule has 1 saturated heterocycles. The van der Waals surface area contributed by atoms with Gasteiger partial charge in [-0.15, -0.1) is 0 Å². The number of hydrogen-bond donors (Lipinski definition) is 0. The summed E-state index contributed by atoms with van der Waals surface area (Å²) in [7, 11) is -0.392. The van der Waals surface area contributed by atoms with Crippen LogP contribution in [0.3, 0.4) is 0 Å². The average Bonchev–Trinajstić information content (AvgIpc) is 2.47. The molecule has 0 N–H and O–H groups in total. The molecule has 0 atom stereocenters. The number of benzene rings is 1. The zero-order valence-electron chi connectivity index (χ0n) is 12.6. The third-order valence-corrected chi connectivity index (χ3v) is 4.62. The second-order valence-corrected chi connectivity index (χ2v) is 6.87. The zero-order valence-corrected chi connectivity index (χ0v) is 13.3. The smallest absolute Gasteiger partial charge is 0.399 e. The lowest BCUT2D eigenvalue weighted by Crippen LogP contribution is -2.41. The molecule has 0 spiro atoms. The summed E-state index contributed by atoms with van der Waals surface area (Å²) in [6.45, 7) is 12.5. The predicted molar refractivity (Wildman–Crippen MR) is 81.3 cm³/mol. The second-order valence-electron chi connectivity index (χ2n) is 6.49. The molecule has 4 heteroatoms. The molecule has 0 aliphatic carbocycles. The molecule has 0 amide bonds. The minimum absolute atomic E-state index is 0.338. The van der Waals surface area contributed by atoms with Crippen LogP contribution in [0, 0.1) is 0 Å². The summed E-state index contributed by atoms with van der Waals surface area (Å²) >= 11 is 6.51. The van der Waals surface area contributed by atoms with E-state index in [2.05, 4.69) is 19.9 Å². The lowest BCUT2D eigenvalue weighted by molar-refractivity contribution is 0.00578. The van der Waals surface area contributed by atoms with Gasteiger partial charge in [0.1, 0.15) is 0 Å². The highest BCUT2D eigenvalue weighted by molar-refractivity contribution is 6.65. The molecular weight excluding hydrogens is 258 g/mol. The van der Waals surface area contributed by atoms with Crippen molar-refractivity contribution in [2.45, 2.75) is 58.7 Å². The van der Waals surface area contributed by atoms with Crippen LogP contribution in [0.1, 0.15) is 53.0 Å². The summed E-state index contributed by atoms with van der Waals surface area (Å²) in [4.78, 5) is 0. The van der Waals surface area contributed by atoms with Gasteiger partial charge in [0.15, 0.2) is 0 Å². The van der Waals surface area contributed by atoms with Crippen LogP contribution in [-0.4, -0.2) is 18.3 Å². The van der Waals surface area contributed by atoms with E-state index in [1.807, 2.05) is 39.8 Å². The maximum absolute atomic E-state index is 6.51. The van der Waals surface area contributed by atoms with Crippen LogP contribution in [0.4, 0.5) is 0 Å². The molecule has 2 nitrogen and oxygen atoms in total. The fraction of sp³-hybridized carbons (Fsp3) is 0.600. The Hall–Kier alpha value is -0.505. The minimum atomic E-state index is -0.392. The van der Waals surface area contributed by atoms with Crippen LogP contribution in [0.2, 0.25) is 5.02 Å². The Balaban J connectivity index is 2.38. The monoisotopic (exact) mass is 280 g/mol. The molecule has 0 unspecified atom stereocenters. The van der Waals surface area contributed by atoms with E-state index in [4.69, 9.17) is 20.9 Å². The zero-order chi connectivity index (χ0) is 14.4. The van der Waals surface area contributed by atoms with Crippen molar-refractivity contribution in [3.63, 3.8) is 0 Å². The molecular formula is C15H22BClO2. The molecule has 0 radical (unpaired) electrons. The molecule has 1 aliphatic rings. The molecule has 0 bridgehead atoms. The maximum atomic E-state index is 6.51. The van der Waals surface area contributed by atoms with E-state index in [-0.39, 0.29) is 11.2 Å². The predicted octanol–water partition coefficient (Wildman–Crippen LogP) is 3.76. The third kappa shape index (κ3) is 2.56. The minimum Gasteiger partial charge on any atom is -0.399 e. The Bertz CT molecular complexity index is 467. The van der Waals surface area contributed by atoms with E-state index in [1.54, 1.807) is 0 Å². The molecule has 1 fully saturated rings. The van der Waals surface area contributed by atoms with Crippen molar-refractivity contribution in [2.75, 3.05) is 0 Å². The fourth-order valence-corrected chi connectivity index (χ4v) is 2.60. The van der Waals surface area contributed by atoms with E-state index in [9.17, 15) is 0 Å². The molecule has 104 valence electrons. The van der Waals surface area contributed by atoms with Gasteiger partial charge < -0.3 is 9.31 Å². The van der Waals surface area contributed by atoms with Crippen molar-refractivity contribution in [1.82, 2.24) is 0 Å². The SMILES string of the molecule is CC(C)c1cccc(B2OC(C)(C)C(C)(C)O2)c1Cl. The van der Waals surface area contributed by atoms with Gasteiger partial charge in [0.2, 0.25) is 0 Å². The molecule has 1 heterocycles. The van der Waals surface area contributed by atoms with Crippen LogP contribution in [0.15, 0.2) is 18.2 Å². The summed E-state index contributed by atoms with van der Waals surface area (Å²) in [5, 5.41) is 0.760. The van der Waals surface area contributed by atoms with Gasteiger partial charge in [-0.1, -0.05) is 43.6 Å². The van der Waals surface area contributed by atoms with Gasteiger partial charge in [0.25, 0.3) is 0 Å². The van der Waals surface area contributed by atoms with Crippen molar-refractivity contribution in [3.05, 3.63) is 28.8 Å². The van der Waals surface area contributed by atoms with Crippen molar-refractivity contribution >= 4 is 24.2 Å². The summed E-state index contributed by atoms with van der Waals surface area (Å²) < 4.78 is 12.1. The van der Waals surface area contributed by atoms with Gasteiger partial charge in [-0.05, 0) is 39.2 Å². The van der Waals surface area contributed by atoms with E-state index in [0.717, 1.165) is 16.0 Å². The Morgan fingerprint density at radius 3 is 2.05 bits per heavy atom. The first-order chi connectivity index (χ1) is 8.66. The first-order valence-corrected chi connectivity index (χ1v) is 7.17. The molecule has 1 aromatic rings. The second kappa shape index (κ2) is 4.80. The first kappa shape index (κ1) is 14.9.